The van der Waals surface area contributed by atoms with Crippen LogP contribution in [0.15, 0.2) is 63.8 Å². The zero-order chi connectivity index (χ0) is 24.5. The second kappa shape index (κ2) is 9.12. The molecule has 3 aromatic rings. The number of nitrogens with one attached hydrogen (secondary N) is 1. The largest absolute Gasteiger partial charge is 0.411 e. The van der Waals surface area contributed by atoms with Gasteiger partial charge in [-0.25, -0.2) is 19.1 Å². The molecule has 0 aliphatic carbocycles. The molecule has 12 heteroatoms. The number of hydrogen-bond acceptors (Lipinski definition) is 8. The van der Waals surface area contributed by atoms with Crippen molar-refractivity contribution >= 4 is 12.1 Å². The van der Waals surface area contributed by atoms with Crippen LogP contribution in [0.4, 0.5) is 4.39 Å². The Morgan fingerprint density at radius 1 is 1.40 bits per heavy atom. The van der Waals surface area contributed by atoms with Crippen molar-refractivity contribution in [2.75, 3.05) is 6.54 Å². The maximum absolute atomic E-state index is 13.5. The van der Waals surface area contributed by atoms with E-state index in [2.05, 4.69) is 30.4 Å². The molecule has 1 unspecified atom stereocenters. The molecule has 0 spiro atoms. The molecule has 0 fully saturated rings. The molecule has 0 aromatic carbocycles. The first-order valence-corrected chi connectivity index (χ1v) is 11.2. The van der Waals surface area contributed by atoms with Gasteiger partial charge in [-0.15, -0.1) is 10.2 Å². The van der Waals surface area contributed by atoms with Gasteiger partial charge in [-0.1, -0.05) is 12.2 Å². The maximum Gasteiger partial charge on any atom is 0.312 e. The number of aromatic amines is 1. The number of amides is 1. The number of carbonyl (C=O) groups is 1. The van der Waals surface area contributed by atoms with E-state index in [1.165, 1.54) is 13.1 Å². The van der Waals surface area contributed by atoms with E-state index < -0.39 is 18.2 Å². The summed E-state index contributed by atoms with van der Waals surface area (Å²) in [5, 5.41) is 18.4. The Hall–Kier alpha value is -4.35. The van der Waals surface area contributed by atoms with E-state index in [9.17, 15) is 9.18 Å². The molecule has 0 bridgehead atoms. The molecular weight excluding hydrogens is 453 g/mol. The number of alkyl halides is 1. The molecule has 0 saturated heterocycles. The fourth-order valence-electron chi connectivity index (χ4n) is 4.01. The Kier molecular flexibility index (Phi) is 5.85. The summed E-state index contributed by atoms with van der Waals surface area (Å²) in [7, 11) is 0. The zero-order valence-corrected chi connectivity index (χ0v) is 19.5. The van der Waals surface area contributed by atoms with E-state index in [0.717, 1.165) is 21.8 Å². The number of aromatic nitrogens is 6. The fourth-order valence-corrected chi connectivity index (χ4v) is 4.01. The summed E-state index contributed by atoms with van der Waals surface area (Å²) >= 11 is 0. The second-order valence-corrected chi connectivity index (χ2v) is 8.08. The van der Waals surface area contributed by atoms with Gasteiger partial charge in [0.05, 0.1) is 23.9 Å². The lowest BCUT2D eigenvalue weighted by molar-refractivity contribution is 0.0672. The third-order valence-electron chi connectivity index (χ3n) is 5.83. The van der Waals surface area contributed by atoms with Gasteiger partial charge < -0.3 is 14.3 Å². The highest BCUT2D eigenvalue weighted by Gasteiger charge is 2.35. The van der Waals surface area contributed by atoms with Crippen LogP contribution in [0.25, 0.3) is 11.6 Å². The molecule has 35 heavy (non-hydrogen) atoms. The number of allylic oxidation sites excluding steroid dienone is 5. The summed E-state index contributed by atoms with van der Waals surface area (Å²) in [6.45, 7) is 5.66. The van der Waals surface area contributed by atoms with Crippen molar-refractivity contribution in [3.05, 3.63) is 71.6 Å². The minimum atomic E-state index is -1.30. The number of carbonyl (C=O) groups excluding carboxylic acids is 1. The van der Waals surface area contributed by atoms with Crippen LogP contribution in [0.3, 0.4) is 0 Å². The number of hydrogen-bond donors (Lipinski definition) is 1. The van der Waals surface area contributed by atoms with Crippen LogP contribution in [0.2, 0.25) is 0 Å². The van der Waals surface area contributed by atoms with Crippen molar-refractivity contribution in [1.29, 1.82) is 0 Å². The summed E-state index contributed by atoms with van der Waals surface area (Å²) < 4.78 is 20.2. The van der Waals surface area contributed by atoms with Crippen molar-refractivity contribution in [3.8, 4) is 11.6 Å². The highest BCUT2D eigenvalue weighted by atomic mass is 19.1. The number of halogens is 1. The topological polar surface area (TPSA) is 121 Å². The molecule has 2 atom stereocenters. The van der Waals surface area contributed by atoms with Gasteiger partial charge in [-0.3, -0.25) is 4.79 Å². The lowest BCUT2D eigenvalue weighted by atomic mass is 10.0. The minimum Gasteiger partial charge on any atom is -0.411 e. The molecule has 11 nitrogen and oxygen atoms in total. The molecule has 2 aliphatic heterocycles. The molecule has 0 saturated carbocycles. The summed E-state index contributed by atoms with van der Waals surface area (Å²) in [6, 6.07) is 1.00. The van der Waals surface area contributed by atoms with E-state index in [1.807, 2.05) is 38.2 Å². The van der Waals surface area contributed by atoms with Gasteiger partial charge in [0.2, 0.25) is 0 Å². The normalized spacial score (nSPS) is 19.9. The molecular formula is C23H24FN9O2. The average Bonchev–Trinajstić information content (AvgIpc) is 3.62. The number of rotatable bonds is 5. The van der Waals surface area contributed by atoms with E-state index in [1.54, 1.807) is 28.5 Å². The second-order valence-electron chi connectivity index (χ2n) is 8.08. The summed E-state index contributed by atoms with van der Waals surface area (Å²) in [4.78, 5) is 22.6. The monoisotopic (exact) mass is 477 g/mol. The average molecular weight is 478 g/mol. The van der Waals surface area contributed by atoms with Gasteiger partial charge >= 0.3 is 11.8 Å². The van der Waals surface area contributed by atoms with Crippen LogP contribution >= 0.6 is 0 Å². The Bertz CT molecular complexity index is 1360. The molecule has 5 rings (SSSR count). The van der Waals surface area contributed by atoms with Gasteiger partial charge in [-0.2, -0.15) is 10.2 Å². The summed E-state index contributed by atoms with van der Waals surface area (Å²) in [6.07, 6.45) is 11.9. The van der Waals surface area contributed by atoms with Crippen LogP contribution in [0.5, 0.6) is 0 Å². The highest BCUT2D eigenvalue weighted by molar-refractivity contribution is 5.92. The number of hydrazone groups is 1. The minimum absolute atomic E-state index is 0.0361. The predicted molar refractivity (Wildman–Crippen MR) is 124 cm³/mol. The van der Waals surface area contributed by atoms with Crippen LogP contribution in [-0.2, 0) is 6.42 Å². The SMILES string of the molecule is C/C=C1/C=CC=C(C)N1/N=C/[C@H]1c2nc[nH]c2CCN1C(=O)c1nnc(-c2ccn(C(C)F)n2)o1. The van der Waals surface area contributed by atoms with Crippen LogP contribution in [0.1, 0.15) is 55.2 Å². The van der Waals surface area contributed by atoms with E-state index in [0.29, 0.717) is 18.7 Å². The first-order chi connectivity index (χ1) is 17.0. The molecule has 0 radical (unpaired) electrons. The summed E-state index contributed by atoms with van der Waals surface area (Å²) in [5.41, 5.74) is 3.79. The predicted octanol–water partition coefficient (Wildman–Crippen LogP) is 3.55. The Balaban J connectivity index is 1.43. The number of nitrogens with zero attached hydrogens (tertiary/aromatic N) is 8. The standard InChI is InChI=1S/C23H24FN9O2/c1-4-16-7-5-6-14(2)33(16)27-12-19-20-17(25-13-26-20)8-10-31(19)23(34)22-29-28-21(35-22)18-9-11-32(30-18)15(3)24/h4-7,9,11-13,15,19H,8,10H2,1-3H3,(H,25,26)/b16-4-,27-12+/t15?,19-/m0/s1. The van der Waals surface area contributed by atoms with Crippen molar-refractivity contribution in [2.24, 2.45) is 5.10 Å². The van der Waals surface area contributed by atoms with Gasteiger partial charge in [0.1, 0.15) is 11.7 Å². The Morgan fingerprint density at radius 3 is 3.03 bits per heavy atom. The molecule has 1 amide bonds. The van der Waals surface area contributed by atoms with Crippen molar-refractivity contribution in [1.82, 2.24) is 39.9 Å². The van der Waals surface area contributed by atoms with Crippen LogP contribution in [0, 0.1) is 0 Å². The maximum atomic E-state index is 13.5. The number of H-pyrrole nitrogens is 1. The molecule has 2 aliphatic rings. The third-order valence-corrected chi connectivity index (χ3v) is 5.83. The Morgan fingerprint density at radius 2 is 2.26 bits per heavy atom. The Labute approximate surface area is 200 Å². The molecule has 3 aromatic heterocycles. The fraction of sp³-hybridized carbons (Fsp3) is 0.304. The van der Waals surface area contributed by atoms with Gasteiger partial charge in [0, 0.05) is 30.6 Å². The number of imidazole rings is 1. The molecule has 5 heterocycles. The molecule has 1 N–H and O–H groups in total. The molecule has 180 valence electrons. The quantitative estimate of drug-likeness (QED) is 0.558. The lowest BCUT2D eigenvalue weighted by Gasteiger charge is -2.32. The lowest BCUT2D eigenvalue weighted by Crippen LogP contribution is -2.41. The summed E-state index contributed by atoms with van der Waals surface area (Å²) in [5.74, 6) is -0.607. The van der Waals surface area contributed by atoms with Crippen molar-refractivity contribution < 1.29 is 13.6 Å². The highest BCUT2D eigenvalue weighted by Crippen LogP contribution is 2.29. The van der Waals surface area contributed by atoms with Crippen LogP contribution < -0.4 is 0 Å². The van der Waals surface area contributed by atoms with Gasteiger partial charge in [0.15, 0.2) is 6.30 Å². The van der Waals surface area contributed by atoms with E-state index in [4.69, 9.17) is 4.42 Å². The first-order valence-electron chi connectivity index (χ1n) is 11.2. The smallest absolute Gasteiger partial charge is 0.312 e. The number of fused-ring (bicyclic) bond motifs is 1. The van der Waals surface area contributed by atoms with Gasteiger partial charge in [-0.05, 0) is 39.0 Å². The zero-order valence-electron chi connectivity index (χ0n) is 19.5. The third kappa shape index (κ3) is 4.18. The first kappa shape index (κ1) is 22.4. The van der Waals surface area contributed by atoms with Gasteiger partial charge in [0.25, 0.3) is 5.89 Å². The van der Waals surface area contributed by atoms with Crippen molar-refractivity contribution in [2.45, 2.75) is 39.5 Å². The van der Waals surface area contributed by atoms with E-state index >= 15 is 0 Å². The van der Waals surface area contributed by atoms with Crippen molar-refractivity contribution in [3.63, 3.8) is 0 Å². The van der Waals surface area contributed by atoms with Crippen LogP contribution in [-0.4, -0.2) is 58.5 Å². The van der Waals surface area contributed by atoms with E-state index in [-0.39, 0.29) is 17.5 Å².